The molecule has 2 aliphatic carbocycles. The van der Waals surface area contributed by atoms with E-state index in [1.54, 1.807) is 0 Å². The Morgan fingerprint density at radius 1 is 1.11 bits per heavy atom. The second kappa shape index (κ2) is 4.15. The molecule has 1 heterocycles. The molecule has 1 saturated heterocycles. The number of amides is 3. The zero-order valence-corrected chi connectivity index (χ0v) is 11.5. The van der Waals surface area contributed by atoms with Gasteiger partial charge in [0.15, 0.2) is 0 Å². The number of carbonyl (C=O) groups is 2. The van der Waals surface area contributed by atoms with Crippen LogP contribution in [0.15, 0.2) is 0 Å². The van der Waals surface area contributed by atoms with Gasteiger partial charge in [-0.2, -0.15) is 12.6 Å². The Morgan fingerprint density at radius 3 is 2.33 bits per heavy atom. The minimum Gasteiger partial charge on any atom is -0.323 e. The first-order valence-electron chi connectivity index (χ1n) is 6.86. The van der Waals surface area contributed by atoms with Crippen LogP contribution in [0.4, 0.5) is 4.79 Å². The fourth-order valence-corrected chi connectivity index (χ4v) is 3.61. The van der Waals surface area contributed by atoms with E-state index in [-0.39, 0.29) is 17.4 Å². The predicted octanol–water partition coefficient (Wildman–Crippen LogP) is 1.95. The molecule has 4 nitrogen and oxygen atoms in total. The van der Waals surface area contributed by atoms with E-state index in [9.17, 15) is 9.59 Å². The van der Waals surface area contributed by atoms with Crippen molar-refractivity contribution < 1.29 is 9.59 Å². The molecule has 1 aliphatic heterocycles. The Balaban J connectivity index is 1.76. The third-order valence-electron chi connectivity index (χ3n) is 4.74. The van der Waals surface area contributed by atoms with Crippen molar-refractivity contribution in [2.45, 2.75) is 50.5 Å². The summed E-state index contributed by atoms with van der Waals surface area (Å²) in [5.74, 6) is 0.775. The second-order valence-corrected chi connectivity index (χ2v) is 6.44. The Labute approximate surface area is 113 Å². The third kappa shape index (κ3) is 1.83. The van der Waals surface area contributed by atoms with Crippen molar-refractivity contribution in [1.29, 1.82) is 0 Å². The van der Waals surface area contributed by atoms with E-state index in [1.807, 2.05) is 0 Å². The summed E-state index contributed by atoms with van der Waals surface area (Å²) >= 11 is 4.34. The lowest BCUT2D eigenvalue weighted by atomic mass is 9.81. The standard InChI is InChI=1S/C13H20N2O2S/c16-10-13(4-2-1-3-5-13)14-11(17)15(10)8-12(9-18)6-7-12/h18H,1-9H2,(H,14,17). The fraction of sp³-hybridized carbons (Fsp3) is 0.846. The molecule has 3 amide bonds. The SMILES string of the molecule is O=C1NC2(CCCCC2)C(=O)N1CC1(CS)CC1. The lowest BCUT2D eigenvalue weighted by Crippen LogP contribution is -2.48. The molecule has 3 aliphatic rings. The summed E-state index contributed by atoms with van der Waals surface area (Å²) in [5, 5.41) is 2.96. The van der Waals surface area contributed by atoms with Crippen LogP contribution in [-0.2, 0) is 4.79 Å². The second-order valence-electron chi connectivity index (χ2n) is 6.12. The highest BCUT2D eigenvalue weighted by Gasteiger charge is 2.54. The lowest BCUT2D eigenvalue weighted by Gasteiger charge is -2.30. The van der Waals surface area contributed by atoms with Crippen molar-refractivity contribution in [2.75, 3.05) is 12.3 Å². The molecule has 0 bridgehead atoms. The topological polar surface area (TPSA) is 49.4 Å². The summed E-state index contributed by atoms with van der Waals surface area (Å²) in [6, 6.07) is -0.185. The molecule has 5 heteroatoms. The average molecular weight is 268 g/mol. The highest BCUT2D eigenvalue weighted by Crippen LogP contribution is 2.48. The van der Waals surface area contributed by atoms with E-state index < -0.39 is 5.54 Å². The maximum Gasteiger partial charge on any atom is 0.325 e. The molecule has 100 valence electrons. The first-order chi connectivity index (χ1) is 8.61. The summed E-state index contributed by atoms with van der Waals surface area (Å²) in [5.41, 5.74) is -0.460. The number of nitrogens with zero attached hydrogens (tertiary/aromatic N) is 1. The Hall–Kier alpha value is -0.710. The van der Waals surface area contributed by atoms with E-state index in [0.29, 0.717) is 6.54 Å². The molecule has 3 rings (SSSR count). The van der Waals surface area contributed by atoms with Gasteiger partial charge in [0.25, 0.3) is 5.91 Å². The number of imide groups is 1. The molecule has 0 aromatic heterocycles. The normalized spacial score (nSPS) is 28.6. The van der Waals surface area contributed by atoms with Gasteiger partial charge in [0, 0.05) is 6.54 Å². The van der Waals surface area contributed by atoms with Crippen LogP contribution >= 0.6 is 12.6 Å². The number of thiol groups is 1. The van der Waals surface area contributed by atoms with Gasteiger partial charge in [-0.25, -0.2) is 4.79 Å². The molecular formula is C13H20N2O2S. The Kier molecular flexibility index (Phi) is 2.84. The highest BCUT2D eigenvalue weighted by atomic mass is 32.1. The molecule has 0 atom stereocenters. The van der Waals surface area contributed by atoms with Crippen LogP contribution in [0, 0.1) is 5.41 Å². The lowest BCUT2D eigenvalue weighted by molar-refractivity contribution is -0.132. The summed E-state index contributed by atoms with van der Waals surface area (Å²) in [6.45, 7) is 0.558. The molecule has 0 aromatic rings. The molecule has 0 unspecified atom stereocenters. The maximum absolute atomic E-state index is 12.5. The number of hydrogen-bond acceptors (Lipinski definition) is 3. The number of carbonyl (C=O) groups excluding carboxylic acids is 2. The van der Waals surface area contributed by atoms with E-state index in [1.165, 1.54) is 11.3 Å². The summed E-state index contributed by atoms with van der Waals surface area (Å²) < 4.78 is 0. The van der Waals surface area contributed by atoms with Crippen molar-refractivity contribution in [3.63, 3.8) is 0 Å². The first kappa shape index (κ1) is 12.3. The zero-order chi connectivity index (χ0) is 12.8. The number of nitrogens with one attached hydrogen (secondary N) is 1. The van der Waals surface area contributed by atoms with Crippen molar-refractivity contribution >= 4 is 24.6 Å². The van der Waals surface area contributed by atoms with Gasteiger partial charge in [-0.05, 0) is 36.9 Å². The third-order valence-corrected chi connectivity index (χ3v) is 5.41. The van der Waals surface area contributed by atoms with Gasteiger partial charge in [-0.15, -0.1) is 0 Å². The zero-order valence-electron chi connectivity index (χ0n) is 10.6. The molecule has 1 N–H and O–H groups in total. The summed E-state index contributed by atoms with van der Waals surface area (Å²) in [6.07, 6.45) is 7.03. The van der Waals surface area contributed by atoms with E-state index in [4.69, 9.17) is 0 Å². The fourth-order valence-electron chi connectivity index (χ4n) is 3.19. The van der Waals surface area contributed by atoms with Crippen molar-refractivity contribution in [1.82, 2.24) is 10.2 Å². The summed E-state index contributed by atoms with van der Waals surface area (Å²) in [4.78, 5) is 26.0. The van der Waals surface area contributed by atoms with Crippen molar-refractivity contribution in [3.8, 4) is 0 Å². The molecule has 0 aromatic carbocycles. The van der Waals surface area contributed by atoms with Crippen molar-refractivity contribution in [2.24, 2.45) is 5.41 Å². The Morgan fingerprint density at radius 2 is 1.78 bits per heavy atom. The molecule has 2 saturated carbocycles. The van der Waals surface area contributed by atoms with Gasteiger partial charge in [-0.3, -0.25) is 9.69 Å². The minimum atomic E-state index is -0.567. The van der Waals surface area contributed by atoms with Crippen LogP contribution in [-0.4, -0.2) is 34.7 Å². The number of hydrogen-bond donors (Lipinski definition) is 2. The van der Waals surface area contributed by atoms with Gasteiger partial charge in [0.1, 0.15) is 5.54 Å². The van der Waals surface area contributed by atoms with Gasteiger partial charge >= 0.3 is 6.03 Å². The number of urea groups is 1. The first-order valence-corrected chi connectivity index (χ1v) is 7.49. The predicted molar refractivity (Wildman–Crippen MR) is 71.6 cm³/mol. The molecule has 18 heavy (non-hydrogen) atoms. The van der Waals surface area contributed by atoms with Gasteiger partial charge in [0.2, 0.25) is 0 Å². The van der Waals surface area contributed by atoms with E-state index in [0.717, 1.165) is 44.3 Å². The van der Waals surface area contributed by atoms with Gasteiger partial charge < -0.3 is 5.32 Å². The smallest absolute Gasteiger partial charge is 0.323 e. The molecule has 3 fully saturated rings. The van der Waals surface area contributed by atoms with Crippen LogP contribution in [0.3, 0.4) is 0 Å². The van der Waals surface area contributed by atoms with Crippen LogP contribution in [0.5, 0.6) is 0 Å². The van der Waals surface area contributed by atoms with Crippen LogP contribution in [0.25, 0.3) is 0 Å². The molecule has 1 spiro atoms. The quantitative estimate of drug-likeness (QED) is 0.607. The largest absolute Gasteiger partial charge is 0.325 e. The van der Waals surface area contributed by atoms with Gasteiger partial charge in [-0.1, -0.05) is 19.3 Å². The maximum atomic E-state index is 12.5. The average Bonchev–Trinajstić information content (AvgIpc) is 3.12. The van der Waals surface area contributed by atoms with E-state index in [2.05, 4.69) is 17.9 Å². The summed E-state index contributed by atoms with van der Waals surface area (Å²) in [7, 11) is 0. The monoisotopic (exact) mass is 268 g/mol. The van der Waals surface area contributed by atoms with Crippen LogP contribution in [0.2, 0.25) is 0 Å². The Bertz CT molecular complexity index is 386. The highest BCUT2D eigenvalue weighted by molar-refractivity contribution is 7.80. The van der Waals surface area contributed by atoms with Gasteiger partial charge in [0.05, 0.1) is 0 Å². The van der Waals surface area contributed by atoms with E-state index >= 15 is 0 Å². The molecule has 0 radical (unpaired) electrons. The van der Waals surface area contributed by atoms with Crippen LogP contribution in [0.1, 0.15) is 44.9 Å². The number of rotatable bonds is 3. The van der Waals surface area contributed by atoms with Crippen molar-refractivity contribution in [3.05, 3.63) is 0 Å². The van der Waals surface area contributed by atoms with Crippen LogP contribution < -0.4 is 5.32 Å². The molecular weight excluding hydrogens is 248 g/mol. The minimum absolute atomic E-state index is 0.0141.